The molecule has 0 aliphatic heterocycles. The number of phenols is 1. The van der Waals surface area contributed by atoms with Gasteiger partial charge < -0.3 is 21.3 Å². The Morgan fingerprint density at radius 3 is 2.37 bits per heavy atom. The molecule has 0 aromatic heterocycles. The van der Waals surface area contributed by atoms with E-state index in [1.807, 2.05) is 0 Å². The molecule has 0 heterocycles. The molecule has 0 bridgehead atoms. The van der Waals surface area contributed by atoms with Gasteiger partial charge in [-0.25, -0.2) is 12.8 Å². The molecule has 5 N–H and O–H groups in total. The van der Waals surface area contributed by atoms with E-state index in [0.29, 0.717) is 5.56 Å². The smallest absolute Gasteiger partial charge is 0.252 e. The van der Waals surface area contributed by atoms with Gasteiger partial charge in [-0.3, -0.25) is 9.59 Å². The number of amides is 2. The Morgan fingerprint density at radius 2 is 1.83 bits per heavy atom. The highest BCUT2D eigenvalue weighted by molar-refractivity contribution is 7.90. The van der Waals surface area contributed by atoms with Gasteiger partial charge in [0.05, 0.1) is 16.5 Å². The summed E-state index contributed by atoms with van der Waals surface area (Å²) in [6, 6.07) is 7.94. The zero-order valence-corrected chi connectivity index (χ0v) is 16.8. The number of nitrogens with one attached hydrogen (secondary N) is 1. The molecule has 0 aliphatic carbocycles. The largest absolute Gasteiger partial charge is 0.507 e. The Morgan fingerprint density at radius 1 is 1.20 bits per heavy atom. The number of primary amides is 1. The molecule has 8 nitrogen and oxygen atoms in total. The zero-order chi connectivity index (χ0) is 22.5. The van der Waals surface area contributed by atoms with E-state index >= 15 is 0 Å². The molecule has 10 heteroatoms. The standard InChI is InChI=1S/C20H21FN2O6S/c1-30(28,29)14-6-4-13(5-7-14)19(26)16(11-21)23-18(25)9-3-12-2-8-17(24)15(10-12)20(22)27/h2-10,16,19,24,26H,11H2,1H3,(H2,22,27)(H,23,25)/b9-3+/t16-,19-/m1/s1. The third-order valence-corrected chi connectivity index (χ3v) is 5.37. The number of sulfone groups is 1. The molecule has 160 valence electrons. The quantitative estimate of drug-likeness (QED) is 0.456. The number of aliphatic hydroxyl groups excluding tert-OH is 1. The number of aliphatic hydroxyl groups is 1. The van der Waals surface area contributed by atoms with Crippen molar-refractivity contribution < 1.29 is 32.6 Å². The predicted octanol–water partition coefficient (Wildman–Crippen LogP) is 1.10. The van der Waals surface area contributed by atoms with Crippen LogP contribution in [0.1, 0.15) is 27.6 Å². The van der Waals surface area contributed by atoms with Crippen LogP contribution in [0, 0.1) is 0 Å². The Bertz CT molecular complexity index is 1070. The summed E-state index contributed by atoms with van der Waals surface area (Å²) in [5.41, 5.74) is 5.65. The van der Waals surface area contributed by atoms with E-state index in [2.05, 4.69) is 5.32 Å². The van der Waals surface area contributed by atoms with Crippen LogP contribution in [0.3, 0.4) is 0 Å². The fourth-order valence-corrected chi connectivity index (χ4v) is 3.23. The lowest BCUT2D eigenvalue weighted by Crippen LogP contribution is -2.40. The van der Waals surface area contributed by atoms with Gasteiger partial charge in [-0.1, -0.05) is 18.2 Å². The second-order valence-corrected chi connectivity index (χ2v) is 8.55. The van der Waals surface area contributed by atoms with E-state index in [1.54, 1.807) is 0 Å². The average Bonchev–Trinajstić information content (AvgIpc) is 2.70. The molecule has 0 fully saturated rings. The van der Waals surface area contributed by atoms with Crippen molar-refractivity contribution in [1.29, 1.82) is 0 Å². The first-order valence-corrected chi connectivity index (χ1v) is 10.6. The van der Waals surface area contributed by atoms with E-state index in [-0.39, 0.29) is 21.8 Å². The first kappa shape index (κ1) is 23.0. The zero-order valence-electron chi connectivity index (χ0n) is 15.9. The monoisotopic (exact) mass is 436 g/mol. The summed E-state index contributed by atoms with van der Waals surface area (Å²) in [5.74, 6) is -1.85. The summed E-state index contributed by atoms with van der Waals surface area (Å²) in [6.45, 7) is -1.07. The summed E-state index contributed by atoms with van der Waals surface area (Å²) >= 11 is 0. The molecule has 2 aromatic rings. The molecule has 2 rings (SSSR count). The normalized spacial score (nSPS) is 13.7. The molecule has 2 atom stereocenters. The van der Waals surface area contributed by atoms with Crippen molar-refractivity contribution in [3.05, 3.63) is 65.2 Å². The molecule has 2 aromatic carbocycles. The molecule has 0 aliphatic rings. The maximum absolute atomic E-state index is 13.4. The highest BCUT2D eigenvalue weighted by Crippen LogP contribution is 2.21. The number of carbonyl (C=O) groups is 2. The second-order valence-electron chi connectivity index (χ2n) is 6.53. The van der Waals surface area contributed by atoms with Gasteiger partial charge in [-0.2, -0.15) is 0 Å². The van der Waals surface area contributed by atoms with Gasteiger partial charge in [0.1, 0.15) is 18.5 Å². The molecular weight excluding hydrogens is 415 g/mol. The molecule has 0 spiro atoms. The van der Waals surface area contributed by atoms with E-state index < -0.39 is 40.5 Å². The molecule has 30 heavy (non-hydrogen) atoms. The number of halogens is 1. The van der Waals surface area contributed by atoms with Crippen molar-refractivity contribution in [2.75, 3.05) is 12.9 Å². The third-order valence-electron chi connectivity index (χ3n) is 4.24. The third kappa shape index (κ3) is 5.88. The van der Waals surface area contributed by atoms with Crippen LogP contribution in [0.4, 0.5) is 4.39 Å². The fraction of sp³-hybridized carbons (Fsp3) is 0.200. The summed E-state index contributed by atoms with van der Waals surface area (Å²) in [5, 5.41) is 22.2. The molecule has 0 saturated carbocycles. The first-order chi connectivity index (χ1) is 14.0. The van der Waals surface area contributed by atoms with E-state index in [1.165, 1.54) is 48.5 Å². The number of rotatable bonds is 8. The highest BCUT2D eigenvalue weighted by atomic mass is 32.2. The number of alkyl halides is 1. The van der Waals surface area contributed by atoms with Crippen molar-refractivity contribution in [3.63, 3.8) is 0 Å². The van der Waals surface area contributed by atoms with Gasteiger partial charge >= 0.3 is 0 Å². The average molecular weight is 436 g/mol. The van der Waals surface area contributed by atoms with Gasteiger partial charge in [-0.15, -0.1) is 0 Å². The van der Waals surface area contributed by atoms with E-state index in [0.717, 1.165) is 12.3 Å². The van der Waals surface area contributed by atoms with Crippen LogP contribution in [-0.2, 0) is 14.6 Å². The van der Waals surface area contributed by atoms with Crippen LogP contribution in [0.5, 0.6) is 5.75 Å². The minimum Gasteiger partial charge on any atom is -0.507 e. The number of hydrogen-bond donors (Lipinski definition) is 4. The number of carbonyl (C=O) groups excluding carboxylic acids is 2. The van der Waals surface area contributed by atoms with Crippen LogP contribution in [0.25, 0.3) is 6.08 Å². The summed E-state index contributed by atoms with van der Waals surface area (Å²) < 4.78 is 36.4. The predicted molar refractivity (Wildman–Crippen MR) is 108 cm³/mol. The molecule has 2 amide bonds. The Labute approximate surface area is 172 Å². The van der Waals surface area contributed by atoms with Crippen LogP contribution in [0.2, 0.25) is 0 Å². The van der Waals surface area contributed by atoms with E-state index in [9.17, 15) is 32.6 Å². The van der Waals surface area contributed by atoms with Gasteiger partial charge in [0.15, 0.2) is 9.84 Å². The number of nitrogens with two attached hydrogens (primary N) is 1. The summed E-state index contributed by atoms with van der Waals surface area (Å²) in [4.78, 5) is 23.4. The Balaban J connectivity index is 2.09. The first-order valence-electron chi connectivity index (χ1n) is 8.68. The van der Waals surface area contributed by atoms with Crippen molar-refractivity contribution >= 4 is 27.7 Å². The van der Waals surface area contributed by atoms with Gasteiger partial charge in [0.2, 0.25) is 5.91 Å². The minimum absolute atomic E-state index is 0.0476. The summed E-state index contributed by atoms with van der Waals surface area (Å²) in [7, 11) is -3.41. The number of benzene rings is 2. The van der Waals surface area contributed by atoms with Crippen molar-refractivity contribution in [1.82, 2.24) is 5.32 Å². The molecule has 0 saturated heterocycles. The van der Waals surface area contributed by atoms with Crippen molar-refractivity contribution in [2.45, 2.75) is 17.0 Å². The number of hydrogen-bond acceptors (Lipinski definition) is 6. The lowest BCUT2D eigenvalue weighted by atomic mass is 10.0. The van der Waals surface area contributed by atoms with Gasteiger partial charge in [-0.05, 0) is 41.5 Å². The van der Waals surface area contributed by atoms with Crippen LogP contribution < -0.4 is 11.1 Å². The molecular formula is C20H21FN2O6S. The number of aromatic hydroxyl groups is 1. The summed E-state index contributed by atoms with van der Waals surface area (Å²) in [6.07, 6.45) is 2.02. The minimum atomic E-state index is -3.41. The van der Waals surface area contributed by atoms with Crippen LogP contribution in [-0.4, -0.2) is 49.4 Å². The van der Waals surface area contributed by atoms with Gasteiger partial charge in [0, 0.05) is 12.3 Å². The maximum atomic E-state index is 13.4. The Hall–Kier alpha value is -3.24. The fourth-order valence-electron chi connectivity index (χ4n) is 2.60. The van der Waals surface area contributed by atoms with Crippen molar-refractivity contribution in [2.24, 2.45) is 5.73 Å². The second kappa shape index (κ2) is 9.51. The SMILES string of the molecule is CS(=O)(=O)c1ccc([C@@H](O)[C@@H](CF)NC(=O)/C=C/c2ccc(O)c(C(N)=O)c2)cc1. The molecule has 0 radical (unpaired) electrons. The lowest BCUT2D eigenvalue weighted by Gasteiger charge is -2.21. The van der Waals surface area contributed by atoms with Crippen LogP contribution in [0.15, 0.2) is 53.4 Å². The topological polar surface area (TPSA) is 147 Å². The van der Waals surface area contributed by atoms with E-state index in [4.69, 9.17) is 5.73 Å². The van der Waals surface area contributed by atoms with Crippen LogP contribution >= 0.6 is 0 Å². The highest BCUT2D eigenvalue weighted by Gasteiger charge is 2.22. The van der Waals surface area contributed by atoms with Gasteiger partial charge in [0.25, 0.3) is 5.91 Å². The maximum Gasteiger partial charge on any atom is 0.252 e. The Kier molecular flexibility index (Phi) is 7.30. The lowest BCUT2D eigenvalue weighted by molar-refractivity contribution is -0.118. The molecule has 0 unspecified atom stereocenters. The van der Waals surface area contributed by atoms with Crippen molar-refractivity contribution in [3.8, 4) is 5.75 Å².